The minimum absolute atomic E-state index is 0.150. The summed E-state index contributed by atoms with van der Waals surface area (Å²) in [5.74, 6) is 0.259. The SMILES string of the molecule is Cc1c(C(=O)NCCc2csc3ccccc23)oc2ccccc12. The number of nitrogens with one attached hydrogen (secondary N) is 1. The molecule has 120 valence electrons. The molecule has 1 N–H and O–H groups in total. The van der Waals surface area contributed by atoms with Gasteiger partial charge in [-0.3, -0.25) is 4.79 Å². The molecular formula is C20H17NO2S. The predicted octanol–water partition coefficient (Wildman–Crippen LogP) is 4.93. The zero-order chi connectivity index (χ0) is 16.5. The Kier molecular flexibility index (Phi) is 3.82. The van der Waals surface area contributed by atoms with Crippen LogP contribution >= 0.6 is 11.3 Å². The highest BCUT2D eigenvalue weighted by molar-refractivity contribution is 7.17. The summed E-state index contributed by atoms with van der Waals surface area (Å²) in [6.45, 7) is 2.52. The molecule has 0 fully saturated rings. The number of fused-ring (bicyclic) bond motifs is 2. The molecule has 1 amide bonds. The van der Waals surface area contributed by atoms with Crippen molar-refractivity contribution in [1.82, 2.24) is 5.32 Å². The summed E-state index contributed by atoms with van der Waals surface area (Å²) in [7, 11) is 0. The van der Waals surface area contributed by atoms with Crippen molar-refractivity contribution in [2.24, 2.45) is 0 Å². The third-order valence-electron chi connectivity index (χ3n) is 4.29. The Balaban J connectivity index is 1.47. The Bertz CT molecular complexity index is 1030. The van der Waals surface area contributed by atoms with Crippen molar-refractivity contribution in [3.8, 4) is 0 Å². The molecule has 0 saturated carbocycles. The van der Waals surface area contributed by atoms with E-state index in [1.165, 1.54) is 15.6 Å². The lowest BCUT2D eigenvalue weighted by molar-refractivity contribution is 0.0928. The number of rotatable bonds is 4. The Morgan fingerprint density at radius 3 is 2.67 bits per heavy atom. The zero-order valence-electron chi connectivity index (χ0n) is 13.3. The standard InChI is InChI=1S/C20H17NO2S/c1-13-15-6-2-4-8-17(15)23-19(13)20(22)21-11-10-14-12-24-18-9-5-3-7-16(14)18/h2-9,12H,10-11H2,1H3,(H,21,22). The van der Waals surface area contributed by atoms with Gasteiger partial charge in [0, 0.05) is 22.2 Å². The van der Waals surface area contributed by atoms with Crippen molar-refractivity contribution >= 4 is 38.3 Å². The fraction of sp³-hybridized carbons (Fsp3) is 0.150. The monoisotopic (exact) mass is 335 g/mol. The van der Waals surface area contributed by atoms with E-state index < -0.39 is 0 Å². The molecule has 4 heteroatoms. The zero-order valence-corrected chi connectivity index (χ0v) is 14.2. The van der Waals surface area contributed by atoms with Gasteiger partial charge in [0.2, 0.25) is 0 Å². The summed E-state index contributed by atoms with van der Waals surface area (Å²) in [5, 5.41) is 7.41. The molecule has 24 heavy (non-hydrogen) atoms. The van der Waals surface area contributed by atoms with Gasteiger partial charge in [0.25, 0.3) is 5.91 Å². The van der Waals surface area contributed by atoms with Crippen LogP contribution < -0.4 is 5.32 Å². The van der Waals surface area contributed by atoms with Crippen LogP contribution in [0.15, 0.2) is 58.3 Å². The van der Waals surface area contributed by atoms with E-state index in [9.17, 15) is 4.79 Å². The van der Waals surface area contributed by atoms with Crippen LogP contribution in [0.25, 0.3) is 21.1 Å². The van der Waals surface area contributed by atoms with Gasteiger partial charge >= 0.3 is 0 Å². The first-order valence-electron chi connectivity index (χ1n) is 7.95. The third kappa shape index (κ3) is 2.59. The summed E-state index contributed by atoms with van der Waals surface area (Å²) in [5.41, 5.74) is 2.92. The van der Waals surface area contributed by atoms with Crippen molar-refractivity contribution in [1.29, 1.82) is 0 Å². The molecule has 0 aliphatic rings. The molecule has 2 heterocycles. The van der Waals surface area contributed by atoms with E-state index in [0.29, 0.717) is 12.3 Å². The summed E-state index contributed by atoms with van der Waals surface area (Å²) < 4.78 is 6.99. The molecular weight excluding hydrogens is 318 g/mol. The molecule has 0 aliphatic carbocycles. The molecule has 2 aromatic heterocycles. The lowest BCUT2D eigenvalue weighted by Gasteiger charge is -2.03. The number of hydrogen-bond donors (Lipinski definition) is 1. The highest BCUT2D eigenvalue weighted by Gasteiger charge is 2.16. The molecule has 2 aromatic carbocycles. The maximum Gasteiger partial charge on any atom is 0.287 e. The first kappa shape index (κ1) is 15.0. The van der Waals surface area contributed by atoms with Gasteiger partial charge in [-0.25, -0.2) is 0 Å². The van der Waals surface area contributed by atoms with Gasteiger partial charge in [-0.15, -0.1) is 11.3 Å². The van der Waals surface area contributed by atoms with Crippen molar-refractivity contribution in [2.75, 3.05) is 6.54 Å². The molecule has 4 rings (SSSR count). The topological polar surface area (TPSA) is 42.2 Å². The van der Waals surface area contributed by atoms with Crippen LogP contribution in [0.1, 0.15) is 21.7 Å². The fourth-order valence-corrected chi connectivity index (χ4v) is 4.01. The Labute approximate surface area is 143 Å². The summed E-state index contributed by atoms with van der Waals surface area (Å²) >= 11 is 1.74. The van der Waals surface area contributed by atoms with Crippen LogP contribution in [-0.2, 0) is 6.42 Å². The minimum Gasteiger partial charge on any atom is -0.451 e. The molecule has 0 radical (unpaired) electrons. The van der Waals surface area contributed by atoms with Crippen molar-refractivity contribution < 1.29 is 9.21 Å². The van der Waals surface area contributed by atoms with Crippen LogP contribution in [0.5, 0.6) is 0 Å². The second-order valence-corrected chi connectivity index (χ2v) is 6.73. The van der Waals surface area contributed by atoms with Gasteiger partial charge < -0.3 is 9.73 Å². The van der Waals surface area contributed by atoms with E-state index in [-0.39, 0.29) is 5.91 Å². The Morgan fingerprint density at radius 1 is 1.08 bits per heavy atom. The van der Waals surface area contributed by atoms with Crippen LogP contribution in [0.3, 0.4) is 0 Å². The highest BCUT2D eigenvalue weighted by atomic mass is 32.1. The van der Waals surface area contributed by atoms with Crippen molar-refractivity contribution in [2.45, 2.75) is 13.3 Å². The largest absolute Gasteiger partial charge is 0.451 e. The maximum atomic E-state index is 12.4. The van der Waals surface area contributed by atoms with Gasteiger partial charge in [-0.1, -0.05) is 36.4 Å². The number of furan rings is 1. The number of carbonyl (C=O) groups excluding carboxylic acids is 1. The normalized spacial score (nSPS) is 11.2. The number of amides is 1. The molecule has 0 unspecified atom stereocenters. The molecule has 0 spiro atoms. The number of para-hydroxylation sites is 1. The molecule has 4 aromatic rings. The predicted molar refractivity (Wildman–Crippen MR) is 98.8 cm³/mol. The highest BCUT2D eigenvalue weighted by Crippen LogP contribution is 2.26. The van der Waals surface area contributed by atoms with E-state index in [4.69, 9.17) is 4.42 Å². The van der Waals surface area contributed by atoms with E-state index in [2.05, 4.69) is 35.0 Å². The second kappa shape index (κ2) is 6.13. The molecule has 0 saturated heterocycles. The quantitative estimate of drug-likeness (QED) is 0.574. The van der Waals surface area contributed by atoms with Crippen LogP contribution in [0, 0.1) is 6.92 Å². The summed E-state index contributed by atoms with van der Waals surface area (Å²) in [6.07, 6.45) is 0.815. The Hall–Kier alpha value is -2.59. The lowest BCUT2D eigenvalue weighted by Crippen LogP contribution is -2.25. The molecule has 0 atom stereocenters. The van der Waals surface area contributed by atoms with Gasteiger partial charge in [0.1, 0.15) is 5.58 Å². The smallest absolute Gasteiger partial charge is 0.287 e. The summed E-state index contributed by atoms with van der Waals surface area (Å²) in [6, 6.07) is 16.1. The number of aryl methyl sites for hydroxylation is 1. The molecule has 3 nitrogen and oxygen atoms in total. The van der Waals surface area contributed by atoms with E-state index in [1.807, 2.05) is 31.2 Å². The fourth-order valence-electron chi connectivity index (χ4n) is 3.01. The second-order valence-electron chi connectivity index (χ2n) is 5.82. The average Bonchev–Trinajstić information content (AvgIpc) is 3.17. The number of thiophene rings is 1. The molecule has 0 aliphatic heterocycles. The Morgan fingerprint density at radius 2 is 1.83 bits per heavy atom. The average molecular weight is 335 g/mol. The van der Waals surface area contributed by atoms with Crippen LogP contribution in [-0.4, -0.2) is 12.5 Å². The third-order valence-corrected chi connectivity index (χ3v) is 5.30. The van der Waals surface area contributed by atoms with E-state index in [1.54, 1.807) is 11.3 Å². The first-order chi connectivity index (χ1) is 11.7. The van der Waals surface area contributed by atoms with Crippen molar-refractivity contribution in [3.63, 3.8) is 0 Å². The van der Waals surface area contributed by atoms with Crippen LogP contribution in [0.4, 0.5) is 0 Å². The van der Waals surface area contributed by atoms with E-state index >= 15 is 0 Å². The lowest BCUT2D eigenvalue weighted by atomic mass is 10.1. The maximum absolute atomic E-state index is 12.4. The van der Waals surface area contributed by atoms with Gasteiger partial charge in [0.15, 0.2) is 5.76 Å². The van der Waals surface area contributed by atoms with Gasteiger partial charge in [-0.05, 0) is 41.8 Å². The summed E-state index contributed by atoms with van der Waals surface area (Å²) in [4.78, 5) is 12.4. The van der Waals surface area contributed by atoms with E-state index in [0.717, 1.165) is 23.0 Å². The molecule has 0 bridgehead atoms. The number of hydrogen-bond acceptors (Lipinski definition) is 3. The van der Waals surface area contributed by atoms with Gasteiger partial charge in [-0.2, -0.15) is 0 Å². The number of benzene rings is 2. The minimum atomic E-state index is -0.150. The number of carbonyl (C=O) groups is 1. The van der Waals surface area contributed by atoms with Crippen molar-refractivity contribution in [3.05, 3.63) is 70.8 Å². The first-order valence-corrected chi connectivity index (χ1v) is 8.83. The van der Waals surface area contributed by atoms with Gasteiger partial charge in [0.05, 0.1) is 0 Å². The van der Waals surface area contributed by atoms with Crippen LogP contribution in [0.2, 0.25) is 0 Å².